The first-order chi connectivity index (χ1) is 10.2. The van der Waals surface area contributed by atoms with Crippen LogP contribution in [0.1, 0.15) is 0 Å². The molecule has 1 aliphatic heterocycles. The fourth-order valence-electron chi connectivity index (χ4n) is 2.85. The second kappa shape index (κ2) is 4.73. The van der Waals surface area contributed by atoms with Crippen molar-refractivity contribution in [2.24, 2.45) is 13.0 Å². The fourth-order valence-corrected chi connectivity index (χ4v) is 3.00. The summed E-state index contributed by atoms with van der Waals surface area (Å²) in [6.45, 7) is 2.86. The number of anilines is 1. The number of hydrogen-bond acceptors (Lipinski definition) is 4. The van der Waals surface area contributed by atoms with Crippen LogP contribution in [0.15, 0.2) is 30.7 Å². The van der Waals surface area contributed by atoms with Crippen LogP contribution in [-0.2, 0) is 13.6 Å². The number of halogens is 1. The van der Waals surface area contributed by atoms with E-state index in [4.69, 9.17) is 11.6 Å². The molecule has 0 aromatic carbocycles. The molecule has 0 radical (unpaired) electrons. The van der Waals surface area contributed by atoms with Crippen molar-refractivity contribution in [2.45, 2.75) is 6.54 Å². The van der Waals surface area contributed by atoms with E-state index in [1.807, 2.05) is 30.1 Å². The van der Waals surface area contributed by atoms with E-state index in [0.717, 1.165) is 36.7 Å². The summed E-state index contributed by atoms with van der Waals surface area (Å²) < 4.78 is 3.96. The summed E-state index contributed by atoms with van der Waals surface area (Å²) in [7, 11) is 2.01. The van der Waals surface area contributed by atoms with Crippen LogP contribution in [0.5, 0.6) is 0 Å². The summed E-state index contributed by atoms with van der Waals surface area (Å²) >= 11 is 5.88. The van der Waals surface area contributed by atoms with E-state index in [-0.39, 0.29) is 0 Å². The predicted molar refractivity (Wildman–Crippen MR) is 81.4 cm³/mol. The minimum absolute atomic E-state index is 0.578. The number of aromatic nitrogens is 5. The maximum Gasteiger partial charge on any atom is 0.207 e. The van der Waals surface area contributed by atoms with Crippen LogP contribution in [0, 0.1) is 5.92 Å². The van der Waals surface area contributed by atoms with E-state index >= 15 is 0 Å². The number of nitrogens with zero attached hydrogens (tertiary/aromatic N) is 6. The van der Waals surface area contributed by atoms with Crippen molar-refractivity contribution in [3.8, 4) is 0 Å². The lowest BCUT2D eigenvalue weighted by Crippen LogP contribution is -2.49. The number of hydrogen-bond donors (Lipinski definition) is 0. The molecule has 7 heteroatoms. The Morgan fingerprint density at radius 3 is 2.95 bits per heavy atom. The number of imidazole rings is 1. The maximum atomic E-state index is 5.88. The summed E-state index contributed by atoms with van der Waals surface area (Å²) in [5, 5.41) is 4.91. The van der Waals surface area contributed by atoms with Gasteiger partial charge in [0.1, 0.15) is 5.52 Å². The molecule has 0 N–H and O–H groups in total. The maximum absolute atomic E-state index is 5.88. The Kier molecular flexibility index (Phi) is 2.85. The third kappa shape index (κ3) is 2.15. The van der Waals surface area contributed by atoms with E-state index in [1.165, 1.54) is 0 Å². The summed E-state index contributed by atoms with van der Waals surface area (Å²) in [5.41, 5.74) is 1.87. The third-order valence-corrected chi connectivity index (χ3v) is 4.09. The normalized spacial score (nSPS) is 15.6. The van der Waals surface area contributed by atoms with Gasteiger partial charge in [-0.05, 0) is 12.1 Å². The molecule has 0 bridgehead atoms. The average molecular weight is 303 g/mol. The van der Waals surface area contributed by atoms with Crippen molar-refractivity contribution in [1.82, 2.24) is 24.3 Å². The first kappa shape index (κ1) is 12.6. The average Bonchev–Trinajstić information content (AvgIpc) is 2.99. The van der Waals surface area contributed by atoms with E-state index in [0.29, 0.717) is 10.9 Å². The molecule has 1 fully saturated rings. The molecular weight excluding hydrogens is 288 g/mol. The lowest BCUT2D eigenvalue weighted by Gasteiger charge is -2.39. The van der Waals surface area contributed by atoms with Crippen molar-refractivity contribution in [1.29, 1.82) is 0 Å². The molecule has 1 saturated heterocycles. The summed E-state index contributed by atoms with van der Waals surface area (Å²) in [6.07, 6.45) is 5.34. The molecule has 0 spiro atoms. The second-order valence-corrected chi connectivity index (χ2v) is 5.90. The third-order valence-electron chi connectivity index (χ3n) is 3.89. The van der Waals surface area contributed by atoms with Crippen LogP contribution in [0.2, 0.25) is 5.02 Å². The molecule has 0 amide bonds. The Morgan fingerprint density at radius 1 is 1.38 bits per heavy atom. The number of rotatable bonds is 3. The van der Waals surface area contributed by atoms with Crippen LogP contribution in [0.3, 0.4) is 0 Å². The fraction of sp³-hybridized carbons (Fsp3) is 0.357. The van der Waals surface area contributed by atoms with Gasteiger partial charge in [0, 0.05) is 45.0 Å². The van der Waals surface area contributed by atoms with Crippen molar-refractivity contribution < 1.29 is 0 Å². The van der Waals surface area contributed by atoms with Gasteiger partial charge in [0.2, 0.25) is 5.95 Å². The Morgan fingerprint density at radius 2 is 2.24 bits per heavy atom. The second-order valence-electron chi connectivity index (χ2n) is 5.47. The van der Waals surface area contributed by atoms with Crippen LogP contribution in [-0.4, -0.2) is 37.4 Å². The first-order valence-corrected chi connectivity index (χ1v) is 7.29. The minimum Gasteiger partial charge on any atom is -0.341 e. The molecule has 0 aliphatic carbocycles. The minimum atomic E-state index is 0.578. The first-order valence-electron chi connectivity index (χ1n) is 6.91. The van der Waals surface area contributed by atoms with Crippen molar-refractivity contribution in [2.75, 3.05) is 18.0 Å². The van der Waals surface area contributed by atoms with Crippen molar-refractivity contribution in [3.63, 3.8) is 0 Å². The molecule has 108 valence electrons. The molecule has 6 nitrogen and oxygen atoms in total. The highest BCUT2D eigenvalue weighted by Gasteiger charge is 2.30. The molecule has 0 saturated carbocycles. The molecule has 0 atom stereocenters. The number of aryl methyl sites for hydroxylation is 1. The molecule has 1 aliphatic rings. The van der Waals surface area contributed by atoms with Gasteiger partial charge in [-0.15, -0.1) is 0 Å². The SMILES string of the molecule is Cn1c(N2CC(Cn3cc(Cl)cn3)C2)nc2cccnc21. The van der Waals surface area contributed by atoms with E-state index in [2.05, 4.69) is 24.5 Å². The molecular formula is C14H15ClN6. The predicted octanol–water partition coefficient (Wildman–Crippen LogP) is 1.95. The summed E-state index contributed by atoms with van der Waals surface area (Å²) in [4.78, 5) is 11.3. The molecule has 4 heterocycles. The number of pyridine rings is 1. The van der Waals surface area contributed by atoms with Crippen LogP contribution in [0.4, 0.5) is 5.95 Å². The number of fused-ring (bicyclic) bond motifs is 1. The Balaban J connectivity index is 1.48. The monoisotopic (exact) mass is 302 g/mol. The molecule has 3 aromatic heterocycles. The van der Waals surface area contributed by atoms with Gasteiger partial charge in [0.25, 0.3) is 0 Å². The van der Waals surface area contributed by atoms with Gasteiger partial charge >= 0.3 is 0 Å². The Bertz CT molecular complexity index is 786. The van der Waals surface area contributed by atoms with Gasteiger partial charge in [-0.3, -0.25) is 9.25 Å². The topological polar surface area (TPSA) is 51.8 Å². The zero-order valence-corrected chi connectivity index (χ0v) is 12.4. The Hall–Kier alpha value is -2.08. The molecule has 4 rings (SSSR count). The molecule has 3 aromatic rings. The standard InChI is InChI=1S/C14H15ClN6/c1-19-13-12(3-2-4-16-13)18-14(19)20-6-10(7-20)8-21-9-11(15)5-17-21/h2-5,9-10H,6-8H2,1H3. The molecule has 21 heavy (non-hydrogen) atoms. The zero-order chi connectivity index (χ0) is 14.4. The smallest absolute Gasteiger partial charge is 0.207 e. The van der Waals surface area contributed by atoms with E-state index in [1.54, 1.807) is 12.4 Å². The van der Waals surface area contributed by atoms with Gasteiger partial charge in [-0.1, -0.05) is 11.6 Å². The van der Waals surface area contributed by atoms with Gasteiger partial charge in [0.05, 0.1) is 11.2 Å². The van der Waals surface area contributed by atoms with E-state index < -0.39 is 0 Å². The highest BCUT2D eigenvalue weighted by atomic mass is 35.5. The van der Waals surface area contributed by atoms with Crippen molar-refractivity contribution >= 4 is 28.7 Å². The summed E-state index contributed by atoms with van der Waals surface area (Å²) in [6, 6.07) is 3.91. The zero-order valence-electron chi connectivity index (χ0n) is 11.6. The highest BCUT2D eigenvalue weighted by Crippen LogP contribution is 2.27. The van der Waals surface area contributed by atoms with Crippen LogP contribution < -0.4 is 4.90 Å². The Labute approximate surface area is 127 Å². The van der Waals surface area contributed by atoms with Crippen molar-refractivity contribution in [3.05, 3.63) is 35.7 Å². The van der Waals surface area contributed by atoms with Gasteiger partial charge < -0.3 is 4.90 Å². The largest absolute Gasteiger partial charge is 0.341 e. The lowest BCUT2D eigenvalue weighted by molar-refractivity contribution is 0.336. The molecule has 0 unspecified atom stereocenters. The van der Waals surface area contributed by atoms with Gasteiger partial charge in [-0.2, -0.15) is 5.10 Å². The van der Waals surface area contributed by atoms with E-state index in [9.17, 15) is 0 Å². The summed E-state index contributed by atoms with van der Waals surface area (Å²) in [5.74, 6) is 1.56. The van der Waals surface area contributed by atoms with Crippen LogP contribution in [0.25, 0.3) is 11.2 Å². The van der Waals surface area contributed by atoms with Crippen LogP contribution >= 0.6 is 11.6 Å². The highest BCUT2D eigenvalue weighted by molar-refractivity contribution is 6.30. The van der Waals surface area contributed by atoms with Gasteiger partial charge in [-0.25, -0.2) is 9.97 Å². The lowest BCUT2D eigenvalue weighted by atomic mass is 10.0. The van der Waals surface area contributed by atoms with Gasteiger partial charge in [0.15, 0.2) is 5.65 Å². The quantitative estimate of drug-likeness (QED) is 0.742.